The summed E-state index contributed by atoms with van der Waals surface area (Å²) in [6, 6.07) is 14.5. The maximum absolute atomic E-state index is 12.3. The zero-order valence-corrected chi connectivity index (χ0v) is 12.8. The lowest BCUT2D eigenvalue weighted by Gasteiger charge is -2.05. The van der Waals surface area contributed by atoms with Gasteiger partial charge in [-0.15, -0.1) is 0 Å². The van der Waals surface area contributed by atoms with Gasteiger partial charge < -0.3 is 4.42 Å². The smallest absolute Gasteiger partial charge is 0.362 e. The van der Waals surface area contributed by atoms with Crippen LogP contribution in [-0.4, -0.2) is 9.55 Å². The number of fused-ring (bicyclic) bond motifs is 3. The molecule has 108 valence electrons. The van der Waals surface area contributed by atoms with Crippen molar-refractivity contribution in [3.63, 3.8) is 0 Å². The highest BCUT2D eigenvalue weighted by Crippen LogP contribution is 2.26. The van der Waals surface area contributed by atoms with E-state index in [9.17, 15) is 9.59 Å². The van der Waals surface area contributed by atoms with Crippen molar-refractivity contribution in [3.8, 4) is 5.69 Å². The van der Waals surface area contributed by atoms with E-state index in [0.29, 0.717) is 22.2 Å². The molecule has 0 amide bonds. The third kappa shape index (κ3) is 1.84. The molecule has 4 aromatic rings. The van der Waals surface area contributed by atoms with E-state index in [-0.39, 0.29) is 11.2 Å². The van der Waals surface area contributed by atoms with Crippen LogP contribution in [0.1, 0.15) is 0 Å². The lowest BCUT2D eigenvalue weighted by Crippen LogP contribution is -2.14. The van der Waals surface area contributed by atoms with E-state index >= 15 is 0 Å². The Kier molecular flexibility index (Phi) is 2.80. The third-order valence-corrected chi connectivity index (χ3v) is 4.01. The van der Waals surface area contributed by atoms with Gasteiger partial charge in [-0.2, -0.15) is 0 Å². The fraction of sp³-hybridized carbons (Fsp3) is 0. The average Bonchev–Trinajstić information content (AvgIpc) is 2.87. The Morgan fingerprint density at radius 3 is 2.59 bits per heavy atom. The lowest BCUT2D eigenvalue weighted by molar-refractivity contribution is 0.568. The summed E-state index contributed by atoms with van der Waals surface area (Å²) in [5.74, 6) is 0. The topological polar surface area (TPSA) is 68.0 Å². The molecule has 0 unspecified atom stereocenters. The maximum atomic E-state index is 12.3. The second kappa shape index (κ2) is 4.71. The van der Waals surface area contributed by atoms with Crippen LogP contribution < -0.4 is 11.3 Å². The van der Waals surface area contributed by atoms with Crippen molar-refractivity contribution in [1.29, 1.82) is 0 Å². The van der Waals surface area contributed by atoms with Crippen molar-refractivity contribution in [1.82, 2.24) is 9.55 Å². The molecule has 0 aliphatic rings. The lowest BCUT2D eigenvalue weighted by atomic mass is 10.2. The molecule has 0 radical (unpaired) electrons. The molecule has 0 fully saturated rings. The molecule has 0 bridgehead atoms. The summed E-state index contributed by atoms with van der Waals surface area (Å²) < 4.78 is 7.60. The van der Waals surface area contributed by atoms with Crippen LogP contribution in [0.5, 0.6) is 0 Å². The standard InChI is InChI=1S/C16H9BrN2O3/c17-9-6-7-12-11(8-9)14-13(15(20)22-12)18-16(21)19(14)10-4-2-1-3-5-10/h1-8H,(H,18,21). The Labute approximate surface area is 131 Å². The summed E-state index contributed by atoms with van der Waals surface area (Å²) in [4.78, 5) is 27.0. The first-order valence-corrected chi connectivity index (χ1v) is 7.37. The Hall–Kier alpha value is -2.60. The average molecular weight is 357 g/mol. The van der Waals surface area contributed by atoms with Crippen molar-refractivity contribution < 1.29 is 4.42 Å². The van der Waals surface area contributed by atoms with Crippen LogP contribution in [0, 0.1) is 0 Å². The van der Waals surface area contributed by atoms with Gasteiger partial charge in [0.25, 0.3) is 0 Å². The summed E-state index contributed by atoms with van der Waals surface area (Å²) >= 11 is 3.41. The summed E-state index contributed by atoms with van der Waals surface area (Å²) in [5.41, 5.74) is 0.871. The number of rotatable bonds is 1. The number of hydrogen-bond donors (Lipinski definition) is 1. The van der Waals surface area contributed by atoms with Crippen LogP contribution in [-0.2, 0) is 0 Å². The van der Waals surface area contributed by atoms with Gasteiger partial charge in [0.05, 0.1) is 11.2 Å². The van der Waals surface area contributed by atoms with E-state index in [2.05, 4.69) is 20.9 Å². The van der Waals surface area contributed by atoms with Crippen molar-refractivity contribution in [2.24, 2.45) is 0 Å². The first-order chi connectivity index (χ1) is 10.6. The van der Waals surface area contributed by atoms with E-state index < -0.39 is 5.63 Å². The molecule has 0 atom stereocenters. The number of para-hydroxylation sites is 1. The predicted molar refractivity (Wildman–Crippen MR) is 87.6 cm³/mol. The quantitative estimate of drug-likeness (QED) is 0.532. The van der Waals surface area contributed by atoms with E-state index in [1.165, 1.54) is 4.57 Å². The van der Waals surface area contributed by atoms with Crippen LogP contribution in [0.15, 0.2) is 67.0 Å². The second-order valence-electron chi connectivity index (χ2n) is 4.85. The van der Waals surface area contributed by atoms with Gasteiger partial charge in [0.1, 0.15) is 5.58 Å². The van der Waals surface area contributed by atoms with E-state index in [0.717, 1.165) is 4.47 Å². The first-order valence-electron chi connectivity index (χ1n) is 6.58. The Morgan fingerprint density at radius 2 is 1.82 bits per heavy atom. The molecule has 0 saturated heterocycles. The highest BCUT2D eigenvalue weighted by atomic mass is 79.9. The van der Waals surface area contributed by atoms with Gasteiger partial charge in [-0.3, -0.25) is 9.55 Å². The van der Waals surface area contributed by atoms with Crippen LogP contribution in [0.25, 0.3) is 27.7 Å². The summed E-state index contributed by atoms with van der Waals surface area (Å²) in [7, 11) is 0. The summed E-state index contributed by atoms with van der Waals surface area (Å²) in [5, 5.41) is 0.686. The van der Waals surface area contributed by atoms with Crippen molar-refractivity contribution in [2.45, 2.75) is 0 Å². The molecule has 0 aliphatic carbocycles. The number of hydrogen-bond acceptors (Lipinski definition) is 3. The van der Waals surface area contributed by atoms with Crippen molar-refractivity contribution >= 4 is 37.9 Å². The molecule has 0 saturated carbocycles. The molecule has 2 aromatic heterocycles. The maximum Gasteiger partial charge on any atom is 0.362 e. The minimum absolute atomic E-state index is 0.166. The minimum atomic E-state index is -0.559. The van der Waals surface area contributed by atoms with E-state index in [1.807, 2.05) is 36.4 Å². The third-order valence-electron chi connectivity index (χ3n) is 3.51. The molecular weight excluding hydrogens is 348 g/mol. The predicted octanol–water partition coefficient (Wildman–Crippen LogP) is 3.19. The highest BCUT2D eigenvalue weighted by molar-refractivity contribution is 9.10. The Balaban J connectivity index is 2.29. The van der Waals surface area contributed by atoms with Gasteiger partial charge in [-0.1, -0.05) is 34.1 Å². The fourth-order valence-electron chi connectivity index (χ4n) is 2.59. The number of nitrogens with zero attached hydrogens (tertiary/aromatic N) is 1. The monoisotopic (exact) mass is 356 g/mol. The van der Waals surface area contributed by atoms with Gasteiger partial charge in [0.2, 0.25) is 0 Å². The SMILES string of the molecule is O=c1oc2ccc(Br)cc2c2c1[nH]c(=O)n2-c1ccccc1. The molecule has 5 nitrogen and oxygen atoms in total. The highest BCUT2D eigenvalue weighted by Gasteiger charge is 2.16. The number of H-pyrrole nitrogens is 1. The second-order valence-corrected chi connectivity index (χ2v) is 5.77. The van der Waals surface area contributed by atoms with Gasteiger partial charge in [0, 0.05) is 9.86 Å². The first kappa shape index (κ1) is 13.1. The molecule has 2 aromatic carbocycles. The van der Waals surface area contributed by atoms with Gasteiger partial charge in [-0.25, -0.2) is 9.59 Å². The number of halogens is 1. The molecule has 2 heterocycles. The molecule has 1 N–H and O–H groups in total. The van der Waals surface area contributed by atoms with Gasteiger partial charge >= 0.3 is 11.3 Å². The Morgan fingerprint density at radius 1 is 1.05 bits per heavy atom. The zero-order valence-electron chi connectivity index (χ0n) is 11.2. The van der Waals surface area contributed by atoms with Gasteiger partial charge in [0.15, 0.2) is 5.52 Å². The number of imidazole rings is 1. The molecule has 4 rings (SSSR count). The number of nitrogens with one attached hydrogen (secondary N) is 1. The molecular formula is C16H9BrN2O3. The van der Waals surface area contributed by atoms with Crippen LogP contribution in [0.3, 0.4) is 0 Å². The molecule has 22 heavy (non-hydrogen) atoms. The minimum Gasteiger partial charge on any atom is -0.421 e. The van der Waals surface area contributed by atoms with Gasteiger partial charge in [-0.05, 0) is 30.3 Å². The zero-order chi connectivity index (χ0) is 15.3. The van der Waals surface area contributed by atoms with Crippen molar-refractivity contribution in [3.05, 3.63) is 73.9 Å². The molecule has 6 heteroatoms. The molecule has 0 spiro atoms. The van der Waals surface area contributed by atoms with Crippen molar-refractivity contribution in [2.75, 3.05) is 0 Å². The number of aromatic nitrogens is 2. The van der Waals surface area contributed by atoms with E-state index in [4.69, 9.17) is 4.42 Å². The summed E-state index contributed by atoms with van der Waals surface area (Å²) in [6.07, 6.45) is 0. The number of benzene rings is 2. The fourth-order valence-corrected chi connectivity index (χ4v) is 2.95. The molecule has 0 aliphatic heterocycles. The van der Waals surface area contributed by atoms with E-state index in [1.54, 1.807) is 12.1 Å². The van der Waals surface area contributed by atoms with Crippen LogP contribution >= 0.6 is 15.9 Å². The largest absolute Gasteiger partial charge is 0.421 e. The summed E-state index contributed by atoms with van der Waals surface area (Å²) in [6.45, 7) is 0. The number of aromatic amines is 1. The Bertz CT molecular complexity index is 1120. The normalized spacial score (nSPS) is 11.3. The van der Waals surface area contributed by atoms with Crippen LogP contribution in [0.2, 0.25) is 0 Å². The van der Waals surface area contributed by atoms with Crippen LogP contribution in [0.4, 0.5) is 0 Å².